The highest BCUT2D eigenvalue weighted by Gasteiger charge is 2.61. The van der Waals surface area contributed by atoms with Gasteiger partial charge in [-0.25, -0.2) is 19.3 Å². The quantitative estimate of drug-likeness (QED) is 0.311. The van der Waals surface area contributed by atoms with E-state index in [4.69, 9.17) is 19.2 Å². The van der Waals surface area contributed by atoms with Gasteiger partial charge in [0.1, 0.15) is 40.8 Å². The van der Waals surface area contributed by atoms with E-state index < -0.39 is 53.2 Å². The number of methoxy groups -OCH3 is 1. The van der Waals surface area contributed by atoms with Crippen LogP contribution in [0, 0.1) is 12.8 Å². The maximum atomic E-state index is 14.4. The molecule has 5 atom stereocenters. The molecule has 0 bridgehead atoms. The number of carbonyl (C=O) groups is 4. The number of ether oxygens (including phenoxy) is 3. The molecule has 0 radical (unpaired) electrons. The lowest BCUT2D eigenvalue weighted by atomic mass is 10.0. The van der Waals surface area contributed by atoms with Crippen LogP contribution in [0.1, 0.15) is 71.4 Å². The minimum Gasteiger partial charge on any atom is -0.497 e. The maximum absolute atomic E-state index is 14.4. The molecular weight excluding hydrogens is 656 g/mol. The number of carbonyl (C=O) groups excluding carboxylic acids is 3. The largest absolute Gasteiger partial charge is 0.497 e. The Hall–Kier alpha value is -5.14. The van der Waals surface area contributed by atoms with Crippen LogP contribution >= 0.6 is 0 Å². The highest BCUT2D eigenvalue weighted by atomic mass is 16.6. The van der Waals surface area contributed by atoms with Crippen LogP contribution < -0.4 is 20.1 Å². The summed E-state index contributed by atoms with van der Waals surface area (Å²) in [7, 11) is 1.57. The molecule has 6 rings (SSSR count). The van der Waals surface area contributed by atoms with Crippen molar-refractivity contribution in [2.75, 3.05) is 13.7 Å². The summed E-state index contributed by atoms with van der Waals surface area (Å²) in [5.41, 5.74) is -0.843. The molecule has 272 valence electrons. The van der Waals surface area contributed by atoms with Gasteiger partial charge in [0.15, 0.2) is 5.82 Å². The summed E-state index contributed by atoms with van der Waals surface area (Å²) in [6.07, 6.45) is 7.91. The number of alkyl carbamates (subject to hydrolysis) is 1. The summed E-state index contributed by atoms with van der Waals surface area (Å²) in [6, 6.07) is 7.00. The van der Waals surface area contributed by atoms with Gasteiger partial charge in [-0.1, -0.05) is 25.0 Å². The zero-order valence-electron chi connectivity index (χ0n) is 29.7. The van der Waals surface area contributed by atoms with E-state index in [1.165, 1.54) is 4.90 Å². The molecule has 14 heteroatoms. The predicted molar refractivity (Wildman–Crippen MR) is 187 cm³/mol. The molecule has 3 amide bonds. The fourth-order valence-corrected chi connectivity index (χ4v) is 6.82. The van der Waals surface area contributed by atoms with Crippen molar-refractivity contribution in [3.8, 4) is 17.3 Å². The lowest BCUT2D eigenvalue weighted by Crippen LogP contribution is -2.56. The molecule has 3 N–H and O–H groups in total. The summed E-state index contributed by atoms with van der Waals surface area (Å²) in [6.45, 7) is 7.11. The predicted octanol–water partition coefficient (Wildman–Crippen LogP) is 4.46. The van der Waals surface area contributed by atoms with E-state index in [0.717, 1.165) is 25.0 Å². The molecule has 1 aliphatic carbocycles. The average molecular weight is 703 g/mol. The van der Waals surface area contributed by atoms with E-state index in [1.54, 1.807) is 57.0 Å². The molecule has 1 saturated carbocycles. The number of amides is 3. The Balaban J connectivity index is 1.34. The Kier molecular flexibility index (Phi) is 9.96. The molecule has 2 aliphatic heterocycles. The van der Waals surface area contributed by atoms with Crippen molar-refractivity contribution in [2.24, 2.45) is 5.92 Å². The van der Waals surface area contributed by atoms with E-state index in [9.17, 15) is 24.3 Å². The number of carboxylic acid groups (broad SMARTS) is 1. The van der Waals surface area contributed by atoms with Crippen molar-refractivity contribution in [3.63, 3.8) is 0 Å². The molecule has 3 aliphatic rings. The van der Waals surface area contributed by atoms with Crippen LogP contribution in [0.2, 0.25) is 0 Å². The summed E-state index contributed by atoms with van der Waals surface area (Å²) in [5.74, 6) is -0.962. The van der Waals surface area contributed by atoms with Crippen molar-refractivity contribution >= 4 is 34.8 Å². The van der Waals surface area contributed by atoms with Gasteiger partial charge in [0.25, 0.3) is 0 Å². The van der Waals surface area contributed by atoms with Crippen LogP contribution in [0.15, 0.2) is 48.7 Å². The third kappa shape index (κ3) is 7.94. The normalized spacial score (nSPS) is 26.2. The van der Waals surface area contributed by atoms with Gasteiger partial charge in [0.2, 0.25) is 11.8 Å². The first-order valence-corrected chi connectivity index (χ1v) is 17.5. The van der Waals surface area contributed by atoms with Gasteiger partial charge in [-0.2, -0.15) is 5.10 Å². The minimum atomic E-state index is -1.45. The molecule has 1 aromatic carbocycles. The monoisotopic (exact) mass is 702 g/mol. The second-order valence-corrected chi connectivity index (χ2v) is 14.6. The van der Waals surface area contributed by atoms with Crippen molar-refractivity contribution in [2.45, 2.75) is 102 Å². The number of nitrogens with zero attached hydrogens (tertiary/aromatic N) is 4. The summed E-state index contributed by atoms with van der Waals surface area (Å²) in [4.78, 5) is 60.1. The van der Waals surface area contributed by atoms with Crippen molar-refractivity contribution < 1.29 is 38.5 Å². The standard InChI is InChI=1S/C37H46N6O8/c1-22-15-16-43(41-22)31-19-30(26-14-13-24(49-5)17-28(26)38-31)50-25-18-29-32(44)40-37(34(46)47)20-23(37)11-9-7-6-8-10-12-27(33(45)42(29)21-25)39-35(48)51-36(2,3)4/h9,11,13-17,19,23,25,27,29H,6-8,10,12,18,20-21H2,1-5H3,(H,39,48)(H,40,44)(H,46,47)/b11-9-/t23-,25-,27-,29+,37-/m1/s1. The smallest absolute Gasteiger partial charge is 0.408 e. The van der Waals surface area contributed by atoms with Gasteiger partial charge in [0.05, 0.1) is 24.9 Å². The minimum absolute atomic E-state index is 0.0169. The van der Waals surface area contributed by atoms with Crippen LogP contribution in [0.3, 0.4) is 0 Å². The van der Waals surface area contributed by atoms with Crippen molar-refractivity contribution in [3.05, 3.63) is 54.4 Å². The molecule has 3 aromatic rings. The Labute approximate surface area is 296 Å². The summed E-state index contributed by atoms with van der Waals surface area (Å²) < 4.78 is 19.2. The third-order valence-corrected chi connectivity index (χ3v) is 9.53. The van der Waals surface area contributed by atoms with E-state index in [1.807, 2.05) is 31.2 Å². The summed E-state index contributed by atoms with van der Waals surface area (Å²) >= 11 is 0. The van der Waals surface area contributed by atoms with Gasteiger partial charge in [-0.3, -0.25) is 9.59 Å². The van der Waals surface area contributed by atoms with Crippen LogP contribution in [0.5, 0.6) is 11.5 Å². The number of rotatable bonds is 6. The molecule has 1 saturated heterocycles. The van der Waals surface area contributed by atoms with Gasteiger partial charge in [-0.05, 0) is 71.6 Å². The second-order valence-electron chi connectivity index (χ2n) is 14.6. The third-order valence-electron chi connectivity index (χ3n) is 9.53. The van der Waals surface area contributed by atoms with Crippen molar-refractivity contribution in [1.82, 2.24) is 30.3 Å². The summed E-state index contributed by atoms with van der Waals surface area (Å²) in [5, 5.41) is 20.9. The Morgan fingerprint density at radius 2 is 1.92 bits per heavy atom. The van der Waals surface area contributed by atoms with Gasteiger partial charge in [0, 0.05) is 36.1 Å². The number of benzene rings is 1. The number of aliphatic carboxylic acids is 1. The molecule has 14 nitrogen and oxygen atoms in total. The van der Waals surface area contributed by atoms with E-state index in [0.29, 0.717) is 41.1 Å². The van der Waals surface area contributed by atoms with E-state index in [-0.39, 0.29) is 25.3 Å². The number of aryl methyl sites for hydroxylation is 1. The zero-order valence-corrected chi connectivity index (χ0v) is 29.7. The van der Waals surface area contributed by atoms with Crippen LogP contribution in [0.25, 0.3) is 16.7 Å². The van der Waals surface area contributed by atoms with Gasteiger partial charge < -0.3 is 34.9 Å². The van der Waals surface area contributed by atoms with Crippen LogP contribution in [-0.2, 0) is 19.1 Å². The molecule has 4 heterocycles. The lowest BCUT2D eigenvalue weighted by molar-refractivity contribution is -0.145. The SMILES string of the molecule is COc1ccc2c(O[C@@H]3C[C@H]4C(=O)N[C@]5(C(=O)O)C[C@H]5/C=C\CCCCC[C@@H](NC(=O)OC(C)(C)C)C(=O)N4C3)cc(-n3ccc(C)n3)nc2c1. The van der Waals surface area contributed by atoms with E-state index >= 15 is 0 Å². The molecule has 2 aromatic heterocycles. The number of hydrogen-bond donors (Lipinski definition) is 3. The molecule has 0 unspecified atom stereocenters. The number of allylic oxidation sites excluding steroid dienone is 1. The van der Waals surface area contributed by atoms with Crippen molar-refractivity contribution in [1.29, 1.82) is 0 Å². The first kappa shape index (κ1) is 35.7. The number of fused-ring (bicyclic) bond motifs is 3. The number of carboxylic acids is 1. The number of nitrogens with one attached hydrogen (secondary N) is 2. The average Bonchev–Trinajstić information content (AvgIpc) is 3.34. The topological polar surface area (TPSA) is 174 Å². The number of pyridine rings is 1. The number of aromatic nitrogens is 3. The highest BCUT2D eigenvalue weighted by Crippen LogP contribution is 2.45. The van der Waals surface area contributed by atoms with Crippen LogP contribution in [0.4, 0.5) is 4.79 Å². The first-order valence-electron chi connectivity index (χ1n) is 17.5. The molecule has 51 heavy (non-hydrogen) atoms. The maximum Gasteiger partial charge on any atom is 0.408 e. The molecular formula is C37H46N6O8. The van der Waals surface area contributed by atoms with E-state index in [2.05, 4.69) is 15.7 Å². The van der Waals surface area contributed by atoms with Crippen LogP contribution in [-0.4, -0.2) is 91.6 Å². The lowest BCUT2D eigenvalue weighted by Gasteiger charge is -2.30. The molecule has 0 spiro atoms. The highest BCUT2D eigenvalue weighted by molar-refractivity contribution is 5.96. The van der Waals surface area contributed by atoms with Gasteiger partial charge in [-0.15, -0.1) is 0 Å². The molecule has 2 fully saturated rings. The fraction of sp³-hybridized carbons (Fsp3) is 0.514. The second kappa shape index (κ2) is 14.2. The first-order chi connectivity index (χ1) is 24.3. The Bertz CT molecular complexity index is 1850. The zero-order chi connectivity index (χ0) is 36.5. The Morgan fingerprint density at radius 1 is 1.12 bits per heavy atom. The number of hydrogen-bond acceptors (Lipinski definition) is 9. The Morgan fingerprint density at radius 3 is 2.63 bits per heavy atom. The van der Waals surface area contributed by atoms with Gasteiger partial charge >= 0.3 is 12.1 Å². The fourth-order valence-electron chi connectivity index (χ4n) is 6.82.